The lowest BCUT2D eigenvalue weighted by Crippen LogP contribution is -2.50. The van der Waals surface area contributed by atoms with Crippen LogP contribution in [0.3, 0.4) is 0 Å². The molecule has 2 atom stereocenters. The van der Waals surface area contributed by atoms with Gasteiger partial charge in [0.25, 0.3) is 5.91 Å². The van der Waals surface area contributed by atoms with E-state index in [0.717, 1.165) is 25.1 Å². The van der Waals surface area contributed by atoms with Crippen LogP contribution in [0.2, 0.25) is 0 Å². The Kier molecular flexibility index (Phi) is 5.07. The predicted octanol–water partition coefficient (Wildman–Crippen LogP) is 1.74. The number of rotatable bonds is 4. The van der Waals surface area contributed by atoms with Crippen LogP contribution in [-0.2, 0) is 0 Å². The van der Waals surface area contributed by atoms with Crippen molar-refractivity contribution in [3.05, 3.63) is 23.3 Å². The van der Waals surface area contributed by atoms with Crippen LogP contribution in [-0.4, -0.2) is 39.3 Å². The maximum atomic E-state index is 12.5. The molecule has 1 aliphatic heterocycles. The first-order valence-electron chi connectivity index (χ1n) is 7.31. The molecule has 0 bridgehead atoms. The number of methoxy groups -OCH3 is 2. The first kappa shape index (κ1) is 15.6. The Balaban J connectivity index is 2.18. The van der Waals surface area contributed by atoms with Gasteiger partial charge in [-0.15, -0.1) is 0 Å². The molecular weight excluding hydrogens is 268 g/mol. The number of piperidine rings is 1. The zero-order chi connectivity index (χ0) is 15.4. The third-order valence-corrected chi connectivity index (χ3v) is 4.12. The predicted molar refractivity (Wildman–Crippen MR) is 82.2 cm³/mol. The molecule has 2 rings (SSSR count). The highest BCUT2D eigenvalue weighted by Gasteiger charge is 2.24. The van der Waals surface area contributed by atoms with E-state index in [1.54, 1.807) is 20.3 Å². The Morgan fingerprint density at radius 3 is 2.57 bits per heavy atom. The average molecular weight is 292 g/mol. The molecule has 0 radical (unpaired) electrons. The maximum absolute atomic E-state index is 12.5. The molecule has 0 aromatic heterocycles. The maximum Gasteiger partial charge on any atom is 0.251 e. The first-order valence-corrected chi connectivity index (χ1v) is 7.31. The average Bonchev–Trinajstić information content (AvgIpc) is 2.49. The number of amides is 1. The lowest BCUT2D eigenvalue weighted by molar-refractivity contribution is 0.0914. The van der Waals surface area contributed by atoms with Crippen LogP contribution in [0.4, 0.5) is 0 Å². The smallest absolute Gasteiger partial charge is 0.251 e. The van der Waals surface area contributed by atoms with Crippen LogP contribution in [0.5, 0.6) is 11.5 Å². The summed E-state index contributed by atoms with van der Waals surface area (Å²) in [5, 5.41) is 6.43. The molecule has 1 amide bonds. The molecule has 5 nitrogen and oxygen atoms in total. The molecule has 1 aliphatic rings. The van der Waals surface area contributed by atoms with Gasteiger partial charge >= 0.3 is 0 Å². The molecule has 2 N–H and O–H groups in total. The van der Waals surface area contributed by atoms with E-state index in [1.807, 2.05) is 13.0 Å². The molecule has 1 aromatic carbocycles. The Labute approximate surface area is 126 Å². The highest BCUT2D eigenvalue weighted by molar-refractivity contribution is 5.96. The number of aryl methyl sites for hydroxylation is 1. The molecule has 116 valence electrons. The molecule has 0 saturated carbocycles. The second kappa shape index (κ2) is 6.80. The fraction of sp³-hybridized carbons (Fsp3) is 0.562. The van der Waals surface area contributed by atoms with Gasteiger partial charge < -0.3 is 20.1 Å². The minimum Gasteiger partial charge on any atom is -0.493 e. The monoisotopic (exact) mass is 292 g/mol. The zero-order valence-electron chi connectivity index (χ0n) is 13.2. The van der Waals surface area contributed by atoms with Crippen molar-refractivity contribution in [2.45, 2.75) is 26.3 Å². The van der Waals surface area contributed by atoms with Crippen LogP contribution >= 0.6 is 0 Å². The second-order valence-electron chi connectivity index (χ2n) is 5.57. The van der Waals surface area contributed by atoms with Gasteiger partial charge in [-0.3, -0.25) is 4.79 Å². The fourth-order valence-corrected chi connectivity index (χ4v) is 2.65. The van der Waals surface area contributed by atoms with E-state index < -0.39 is 0 Å². The van der Waals surface area contributed by atoms with Gasteiger partial charge in [0.05, 0.1) is 14.2 Å². The van der Waals surface area contributed by atoms with Crippen LogP contribution in [0.15, 0.2) is 12.1 Å². The quantitative estimate of drug-likeness (QED) is 0.887. The van der Waals surface area contributed by atoms with E-state index >= 15 is 0 Å². The number of hydrogen-bond donors (Lipinski definition) is 2. The number of carbonyl (C=O) groups is 1. The highest BCUT2D eigenvalue weighted by Crippen LogP contribution is 2.30. The molecule has 1 fully saturated rings. The van der Waals surface area contributed by atoms with Gasteiger partial charge in [-0.2, -0.15) is 0 Å². The molecule has 1 heterocycles. The summed E-state index contributed by atoms with van der Waals surface area (Å²) in [6, 6.07) is 3.74. The number of nitrogens with one attached hydrogen (secondary N) is 2. The van der Waals surface area contributed by atoms with Crippen molar-refractivity contribution in [3.8, 4) is 11.5 Å². The SMILES string of the molecule is COc1cc(C)c(C(=O)NC2CNCCC2C)cc1OC. The summed E-state index contributed by atoms with van der Waals surface area (Å²) < 4.78 is 10.5. The second-order valence-corrected chi connectivity index (χ2v) is 5.57. The largest absolute Gasteiger partial charge is 0.493 e. The topological polar surface area (TPSA) is 59.6 Å². The van der Waals surface area contributed by atoms with Crippen LogP contribution in [0, 0.1) is 12.8 Å². The summed E-state index contributed by atoms with van der Waals surface area (Å²) in [6.07, 6.45) is 1.08. The van der Waals surface area contributed by atoms with Gasteiger partial charge in [0.2, 0.25) is 0 Å². The summed E-state index contributed by atoms with van der Waals surface area (Å²) in [5.41, 5.74) is 1.51. The van der Waals surface area contributed by atoms with E-state index in [4.69, 9.17) is 9.47 Å². The molecule has 1 aromatic rings. The third kappa shape index (κ3) is 3.47. The zero-order valence-corrected chi connectivity index (χ0v) is 13.2. The minimum atomic E-state index is -0.0611. The van der Waals surface area contributed by atoms with E-state index in [0.29, 0.717) is 23.0 Å². The van der Waals surface area contributed by atoms with Crippen molar-refractivity contribution in [2.24, 2.45) is 5.92 Å². The molecule has 21 heavy (non-hydrogen) atoms. The number of hydrogen-bond acceptors (Lipinski definition) is 4. The molecule has 1 saturated heterocycles. The van der Waals surface area contributed by atoms with Gasteiger partial charge in [-0.1, -0.05) is 6.92 Å². The summed E-state index contributed by atoms with van der Waals surface area (Å²) in [4.78, 5) is 12.5. The van der Waals surface area contributed by atoms with Gasteiger partial charge in [-0.25, -0.2) is 0 Å². The van der Waals surface area contributed by atoms with Crippen LogP contribution in [0.1, 0.15) is 29.3 Å². The molecule has 5 heteroatoms. The summed E-state index contributed by atoms with van der Waals surface area (Å²) in [5.74, 6) is 1.63. The molecule has 0 spiro atoms. The van der Waals surface area contributed by atoms with Crippen molar-refractivity contribution in [2.75, 3.05) is 27.3 Å². The number of carbonyl (C=O) groups excluding carboxylic acids is 1. The van der Waals surface area contributed by atoms with Crippen molar-refractivity contribution < 1.29 is 14.3 Å². The summed E-state index contributed by atoms with van der Waals surface area (Å²) in [6.45, 7) is 5.91. The molecule has 2 unspecified atom stereocenters. The Morgan fingerprint density at radius 2 is 1.95 bits per heavy atom. The van der Waals surface area contributed by atoms with Crippen molar-refractivity contribution >= 4 is 5.91 Å². The number of ether oxygens (including phenoxy) is 2. The normalized spacial score (nSPS) is 21.7. The van der Waals surface area contributed by atoms with Gasteiger partial charge in [0.1, 0.15) is 0 Å². The Bertz CT molecular complexity index is 516. The fourth-order valence-electron chi connectivity index (χ4n) is 2.65. The van der Waals surface area contributed by atoms with E-state index in [2.05, 4.69) is 17.6 Å². The lowest BCUT2D eigenvalue weighted by atomic mass is 9.94. The van der Waals surface area contributed by atoms with Crippen LogP contribution < -0.4 is 20.1 Å². The van der Waals surface area contributed by atoms with Gasteiger partial charge in [0, 0.05) is 18.2 Å². The highest BCUT2D eigenvalue weighted by atomic mass is 16.5. The minimum absolute atomic E-state index is 0.0611. The third-order valence-electron chi connectivity index (χ3n) is 4.12. The van der Waals surface area contributed by atoms with E-state index in [-0.39, 0.29) is 11.9 Å². The van der Waals surface area contributed by atoms with Crippen molar-refractivity contribution in [1.29, 1.82) is 0 Å². The Morgan fingerprint density at radius 1 is 1.29 bits per heavy atom. The Hall–Kier alpha value is -1.75. The van der Waals surface area contributed by atoms with Gasteiger partial charge in [-0.05, 0) is 43.5 Å². The van der Waals surface area contributed by atoms with Crippen molar-refractivity contribution in [1.82, 2.24) is 10.6 Å². The lowest BCUT2D eigenvalue weighted by Gasteiger charge is -2.30. The van der Waals surface area contributed by atoms with Crippen LogP contribution in [0.25, 0.3) is 0 Å². The standard InChI is InChI=1S/C16H24N2O3/c1-10-5-6-17-9-13(10)18-16(19)12-8-15(21-4)14(20-3)7-11(12)2/h7-8,10,13,17H,5-6,9H2,1-4H3,(H,18,19). The molecular formula is C16H24N2O3. The van der Waals surface area contributed by atoms with E-state index in [9.17, 15) is 4.79 Å². The first-order chi connectivity index (χ1) is 10.1. The number of benzene rings is 1. The summed E-state index contributed by atoms with van der Waals surface area (Å²) >= 11 is 0. The van der Waals surface area contributed by atoms with Gasteiger partial charge in [0.15, 0.2) is 11.5 Å². The van der Waals surface area contributed by atoms with E-state index in [1.165, 1.54) is 0 Å². The van der Waals surface area contributed by atoms with Crippen molar-refractivity contribution in [3.63, 3.8) is 0 Å². The summed E-state index contributed by atoms with van der Waals surface area (Å²) in [7, 11) is 3.16. The molecule has 0 aliphatic carbocycles.